The SMILES string of the molecule is CC(C)C.CCNC(=O)[C@H](CCCCN)NCCCCC(C)(C)C. The van der Waals surface area contributed by atoms with Crippen molar-refractivity contribution in [1.82, 2.24) is 10.6 Å². The molecule has 24 heavy (non-hydrogen) atoms. The quantitative estimate of drug-likeness (QED) is 0.495. The van der Waals surface area contributed by atoms with Crippen LogP contribution in [0.1, 0.15) is 87.0 Å². The van der Waals surface area contributed by atoms with Gasteiger partial charge < -0.3 is 16.4 Å². The number of likely N-dealkylation sites (N-methyl/N-ethyl adjacent to an activating group) is 1. The van der Waals surface area contributed by atoms with E-state index >= 15 is 0 Å². The number of nitrogens with two attached hydrogens (primary N) is 1. The van der Waals surface area contributed by atoms with Crippen LogP contribution < -0.4 is 16.4 Å². The van der Waals surface area contributed by atoms with Gasteiger partial charge in [-0.15, -0.1) is 0 Å². The number of carbonyl (C=O) groups is 1. The summed E-state index contributed by atoms with van der Waals surface area (Å²) in [5.74, 6) is 0.959. The molecule has 1 amide bonds. The number of nitrogens with one attached hydrogen (secondary N) is 2. The number of hydrogen-bond donors (Lipinski definition) is 3. The van der Waals surface area contributed by atoms with Crippen molar-refractivity contribution in [2.75, 3.05) is 19.6 Å². The maximum absolute atomic E-state index is 12.0. The predicted octanol–water partition coefficient (Wildman–Crippen LogP) is 4.09. The fourth-order valence-corrected chi connectivity index (χ4v) is 2.17. The van der Waals surface area contributed by atoms with Crippen LogP contribution in [0.15, 0.2) is 0 Å². The van der Waals surface area contributed by atoms with E-state index in [4.69, 9.17) is 5.73 Å². The molecule has 0 saturated heterocycles. The molecular formula is C20H45N3O. The van der Waals surface area contributed by atoms with Gasteiger partial charge in [0.2, 0.25) is 5.91 Å². The van der Waals surface area contributed by atoms with Crippen LogP contribution in [0, 0.1) is 11.3 Å². The van der Waals surface area contributed by atoms with Crippen LogP contribution in [0.3, 0.4) is 0 Å². The molecule has 4 nitrogen and oxygen atoms in total. The van der Waals surface area contributed by atoms with E-state index in [-0.39, 0.29) is 11.9 Å². The van der Waals surface area contributed by atoms with Gasteiger partial charge in [0.25, 0.3) is 0 Å². The zero-order chi connectivity index (χ0) is 19.0. The summed E-state index contributed by atoms with van der Waals surface area (Å²) in [4.78, 5) is 12.0. The van der Waals surface area contributed by atoms with Crippen LogP contribution in [0.4, 0.5) is 0 Å². The molecule has 0 aromatic rings. The van der Waals surface area contributed by atoms with E-state index in [1.165, 1.54) is 12.8 Å². The van der Waals surface area contributed by atoms with Gasteiger partial charge in [0.1, 0.15) is 0 Å². The van der Waals surface area contributed by atoms with Gasteiger partial charge in [-0.1, -0.05) is 54.4 Å². The van der Waals surface area contributed by atoms with Gasteiger partial charge in [-0.3, -0.25) is 4.79 Å². The molecule has 0 spiro atoms. The molecule has 0 aliphatic carbocycles. The summed E-state index contributed by atoms with van der Waals surface area (Å²) in [6.45, 7) is 17.6. The van der Waals surface area contributed by atoms with Gasteiger partial charge in [-0.25, -0.2) is 0 Å². The van der Waals surface area contributed by atoms with Crippen LogP contribution in [-0.4, -0.2) is 31.6 Å². The van der Waals surface area contributed by atoms with Crippen molar-refractivity contribution in [1.29, 1.82) is 0 Å². The molecule has 0 aromatic carbocycles. The lowest BCUT2D eigenvalue weighted by atomic mass is 9.90. The molecule has 1 atom stereocenters. The Balaban J connectivity index is 0. The van der Waals surface area contributed by atoms with Crippen LogP contribution >= 0.6 is 0 Å². The highest BCUT2D eigenvalue weighted by Gasteiger charge is 2.16. The van der Waals surface area contributed by atoms with E-state index < -0.39 is 0 Å². The Bertz CT molecular complexity index is 282. The lowest BCUT2D eigenvalue weighted by Gasteiger charge is -2.20. The Morgan fingerprint density at radius 2 is 1.62 bits per heavy atom. The van der Waals surface area contributed by atoms with E-state index in [0.717, 1.165) is 38.1 Å². The standard InChI is InChI=1S/C16H35N3O.C4H10/c1-5-18-15(20)14(10-6-8-12-17)19-13-9-7-11-16(2,3)4;1-4(2)3/h14,19H,5-13,17H2,1-4H3,(H,18,20);4H,1-3H3/t14-;/m0./s1. The van der Waals surface area contributed by atoms with Crippen molar-refractivity contribution < 1.29 is 4.79 Å². The number of rotatable bonds is 11. The first kappa shape index (κ1) is 25.6. The van der Waals surface area contributed by atoms with Gasteiger partial charge in [0.05, 0.1) is 6.04 Å². The summed E-state index contributed by atoms with van der Waals surface area (Å²) in [6.07, 6.45) is 6.44. The minimum atomic E-state index is -0.0591. The summed E-state index contributed by atoms with van der Waals surface area (Å²) < 4.78 is 0. The van der Waals surface area contributed by atoms with E-state index in [2.05, 4.69) is 52.2 Å². The summed E-state index contributed by atoms with van der Waals surface area (Å²) in [5, 5.41) is 6.30. The Morgan fingerprint density at radius 1 is 1.04 bits per heavy atom. The highest BCUT2D eigenvalue weighted by Crippen LogP contribution is 2.21. The van der Waals surface area contributed by atoms with Crippen molar-refractivity contribution in [3.8, 4) is 0 Å². The third-order valence-electron chi connectivity index (χ3n) is 3.36. The first-order chi connectivity index (χ1) is 11.1. The zero-order valence-electron chi connectivity index (χ0n) is 17.5. The average Bonchev–Trinajstić information content (AvgIpc) is 2.43. The van der Waals surface area contributed by atoms with E-state index in [1.54, 1.807) is 0 Å². The van der Waals surface area contributed by atoms with Gasteiger partial charge >= 0.3 is 0 Å². The number of amides is 1. The van der Waals surface area contributed by atoms with E-state index in [1.807, 2.05) is 6.92 Å². The van der Waals surface area contributed by atoms with Crippen molar-refractivity contribution in [2.24, 2.45) is 17.1 Å². The molecule has 0 radical (unpaired) electrons. The topological polar surface area (TPSA) is 67.2 Å². The first-order valence-electron chi connectivity index (χ1n) is 9.85. The molecule has 0 bridgehead atoms. The smallest absolute Gasteiger partial charge is 0.237 e. The number of hydrogen-bond acceptors (Lipinski definition) is 3. The zero-order valence-corrected chi connectivity index (χ0v) is 17.5. The Labute approximate surface area is 151 Å². The maximum Gasteiger partial charge on any atom is 0.237 e. The molecular weight excluding hydrogens is 298 g/mol. The van der Waals surface area contributed by atoms with Crippen LogP contribution in [0.25, 0.3) is 0 Å². The Hall–Kier alpha value is -0.610. The molecule has 0 saturated carbocycles. The molecule has 0 aliphatic heterocycles. The fourth-order valence-electron chi connectivity index (χ4n) is 2.17. The van der Waals surface area contributed by atoms with Crippen molar-refractivity contribution >= 4 is 5.91 Å². The second-order valence-electron chi connectivity index (χ2n) is 8.44. The van der Waals surface area contributed by atoms with E-state index in [9.17, 15) is 4.79 Å². The third kappa shape index (κ3) is 21.4. The van der Waals surface area contributed by atoms with Gasteiger partial charge in [-0.2, -0.15) is 0 Å². The molecule has 0 rings (SSSR count). The van der Waals surface area contributed by atoms with Gasteiger partial charge in [0, 0.05) is 6.54 Å². The first-order valence-corrected chi connectivity index (χ1v) is 9.85. The van der Waals surface area contributed by atoms with Gasteiger partial charge in [-0.05, 0) is 57.0 Å². The lowest BCUT2D eigenvalue weighted by Crippen LogP contribution is -2.44. The third-order valence-corrected chi connectivity index (χ3v) is 3.36. The lowest BCUT2D eigenvalue weighted by molar-refractivity contribution is -0.123. The second kappa shape index (κ2) is 15.9. The maximum atomic E-state index is 12.0. The molecule has 146 valence electrons. The number of unbranched alkanes of at least 4 members (excludes halogenated alkanes) is 2. The summed E-state index contributed by atoms with van der Waals surface area (Å²) in [6, 6.07) is -0.0591. The predicted molar refractivity (Wildman–Crippen MR) is 107 cm³/mol. The normalized spacial score (nSPS) is 12.5. The van der Waals surface area contributed by atoms with Gasteiger partial charge in [0.15, 0.2) is 0 Å². The average molecular weight is 344 g/mol. The Morgan fingerprint density at radius 3 is 2.08 bits per heavy atom. The van der Waals surface area contributed by atoms with Crippen molar-refractivity contribution in [3.63, 3.8) is 0 Å². The van der Waals surface area contributed by atoms with Crippen molar-refractivity contribution in [3.05, 3.63) is 0 Å². The molecule has 0 unspecified atom stereocenters. The number of carbonyl (C=O) groups excluding carboxylic acids is 1. The Kier molecular flexibility index (Phi) is 17.0. The van der Waals surface area contributed by atoms with Crippen LogP contribution in [-0.2, 0) is 4.79 Å². The minimum absolute atomic E-state index is 0.0591. The second-order valence-corrected chi connectivity index (χ2v) is 8.44. The minimum Gasteiger partial charge on any atom is -0.355 e. The fraction of sp³-hybridized carbons (Fsp3) is 0.950. The molecule has 0 aromatic heterocycles. The summed E-state index contributed by atoms with van der Waals surface area (Å²) >= 11 is 0. The molecule has 0 heterocycles. The highest BCUT2D eigenvalue weighted by molar-refractivity contribution is 5.81. The van der Waals surface area contributed by atoms with Crippen molar-refractivity contribution in [2.45, 2.75) is 93.0 Å². The monoisotopic (exact) mass is 343 g/mol. The molecule has 0 aliphatic rings. The highest BCUT2D eigenvalue weighted by atomic mass is 16.2. The molecule has 4 N–H and O–H groups in total. The largest absolute Gasteiger partial charge is 0.355 e. The summed E-state index contributed by atoms with van der Waals surface area (Å²) in [5.41, 5.74) is 5.91. The van der Waals surface area contributed by atoms with Crippen LogP contribution in [0.5, 0.6) is 0 Å². The van der Waals surface area contributed by atoms with E-state index in [0.29, 0.717) is 18.5 Å². The molecule has 4 heteroatoms. The summed E-state index contributed by atoms with van der Waals surface area (Å²) in [7, 11) is 0. The van der Waals surface area contributed by atoms with Crippen LogP contribution in [0.2, 0.25) is 0 Å². The molecule has 0 fully saturated rings.